The minimum Gasteiger partial charge on any atom is -0.385 e. The molecular weight excluding hydrogens is 344 g/mol. The minimum absolute atomic E-state index is 0.0780. The number of rotatable bonds is 9. The van der Waals surface area contributed by atoms with E-state index in [1.807, 2.05) is 12.1 Å². The molecule has 8 heteroatoms. The summed E-state index contributed by atoms with van der Waals surface area (Å²) >= 11 is 0. The molecule has 2 rings (SSSR count). The standard InChI is InChI=1S/C17H24N2O5S/c1-24-10-5-9-18-16(20)15(8-11-25(2,22)23)19-12-13-6-3-4-7-14(13)17(19)21/h3-4,6-7,15H,5,8-12H2,1-2H3,(H,18,20)/t15-/m0/s1. The highest BCUT2D eigenvalue weighted by Gasteiger charge is 2.36. The van der Waals surface area contributed by atoms with Gasteiger partial charge in [0.05, 0.1) is 5.75 Å². The Bertz CT molecular complexity index is 732. The van der Waals surface area contributed by atoms with Gasteiger partial charge in [-0.3, -0.25) is 9.59 Å². The van der Waals surface area contributed by atoms with E-state index in [0.29, 0.717) is 31.7 Å². The van der Waals surface area contributed by atoms with Crippen LogP contribution in [0.1, 0.15) is 28.8 Å². The SMILES string of the molecule is COCCCNC(=O)[C@H](CCS(C)(=O)=O)N1Cc2ccccc2C1=O. The maximum atomic E-state index is 12.6. The number of ether oxygens (including phenoxy) is 1. The summed E-state index contributed by atoms with van der Waals surface area (Å²) in [6.07, 6.45) is 1.85. The average Bonchev–Trinajstić information content (AvgIpc) is 2.88. The van der Waals surface area contributed by atoms with Crippen molar-refractivity contribution in [2.24, 2.45) is 0 Å². The van der Waals surface area contributed by atoms with Gasteiger partial charge in [-0.15, -0.1) is 0 Å². The fraction of sp³-hybridized carbons (Fsp3) is 0.529. The van der Waals surface area contributed by atoms with Crippen LogP contribution in [-0.4, -0.2) is 63.4 Å². The van der Waals surface area contributed by atoms with Crippen LogP contribution in [0.3, 0.4) is 0 Å². The molecule has 0 saturated carbocycles. The zero-order valence-electron chi connectivity index (χ0n) is 14.5. The molecule has 1 aliphatic rings. The van der Waals surface area contributed by atoms with Gasteiger partial charge in [-0.1, -0.05) is 18.2 Å². The lowest BCUT2D eigenvalue weighted by Gasteiger charge is -2.26. The number of benzene rings is 1. The van der Waals surface area contributed by atoms with E-state index in [1.165, 1.54) is 4.90 Å². The molecular formula is C17H24N2O5S. The van der Waals surface area contributed by atoms with E-state index in [-0.39, 0.29) is 24.0 Å². The van der Waals surface area contributed by atoms with E-state index < -0.39 is 15.9 Å². The van der Waals surface area contributed by atoms with Crippen molar-refractivity contribution in [3.63, 3.8) is 0 Å². The quantitative estimate of drug-likeness (QED) is 0.644. The first-order chi connectivity index (χ1) is 11.8. The first kappa shape index (κ1) is 19.4. The summed E-state index contributed by atoms with van der Waals surface area (Å²) in [4.78, 5) is 26.6. The molecule has 0 bridgehead atoms. The van der Waals surface area contributed by atoms with Crippen LogP contribution in [0, 0.1) is 0 Å². The van der Waals surface area contributed by atoms with Gasteiger partial charge in [0.2, 0.25) is 5.91 Å². The van der Waals surface area contributed by atoms with Crippen LogP contribution in [-0.2, 0) is 25.9 Å². The number of amides is 2. The number of sulfone groups is 1. The maximum Gasteiger partial charge on any atom is 0.255 e. The lowest BCUT2D eigenvalue weighted by atomic mass is 10.1. The zero-order chi connectivity index (χ0) is 18.4. The summed E-state index contributed by atoms with van der Waals surface area (Å²) in [5.74, 6) is -0.717. The van der Waals surface area contributed by atoms with Gasteiger partial charge >= 0.3 is 0 Å². The van der Waals surface area contributed by atoms with Crippen LogP contribution in [0.15, 0.2) is 24.3 Å². The van der Waals surface area contributed by atoms with Crippen LogP contribution in [0.4, 0.5) is 0 Å². The second-order valence-electron chi connectivity index (χ2n) is 6.16. The Kier molecular flexibility index (Phi) is 6.55. The van der Waals surface area contributed by atoms with Crippen LogP contribution < -0.4 is 5.32 Å². The molecule has 1 N–H and O–H groups in total. The average molecular weight is 368 g/mol. The Morgan fingerprint density at radius 1 is 1.36 bits per heavy atom. The van der Waals surface area contributed by atoms with E-state index in [2.05, 4.69) is 5.32 Å². The molecule has 0 fully saturated rings. The van der Waals surface area contributed by atoms with E-state index in [9.17, 15) is 18.0 Å². The Morgan fingerprint density at radius 3 is 2.72 bits per heavy atom. The molecule has 1 aliphatic heterocycles. The summed E-state index contributed by atoms with van der Waals surface area (Å²) in [5.41, 5.74) is 1.42. The first-order valence-corrected chi connectivity index (χ1v) is 10.2. The number of hydrogen-bond donors (Lipinski definition) is 1. The highest BCUT2D eigenvalue weighted by Crippen LogP contribution is 2.25. The van der Waals surface area contributed by atoms with Crippen LogP contribution in [0.2, 0.25) is 0 Å². The molecule has 1 atom stereocenters. The second kappa shape index (κ2) is 8.44. The topological polar surface area (TPSA) is 92.8 Å². The molecule has 138 valence electrons. The number of nitrogens with zero attached hydrogens (tertiary/aromatic N) is 1. The molecule has 0 spiro atoms. The molecule has 7 nitrogen and oxygen atoms in total. The Morgan fingerprint density at radius 2 is 2.08 bits per heavy atom. The smallest absolute Gasteiger partial charge is 0.255 e. The van der Waals surface area contributed by atoms with E-state index in [1.54, 1.807) is 19.2 Å². The van der Waals surface area contributed by atoms with Gasteiger partial charge in [0.25, 0.3) is 5.91 Å². The third-order valence-corrected chi connectivity index (χ3v) is 5.09. The van der Waals surface area contributed by atoms with Crippen molar-refractivity contribution < 1.29 is 22.7 Å². The summed E-state index contributed by atoms with van der Waals surface area (Å²) in [6, 6.07) is 6.37. The van der Waals surface area contributed by atoms with Crippen molar-refractivity contribution in [1.29, 1.82) is 0 Å². The van der Waals surface area contributed by atoms with Crippen LogP contribution in [0.25, 0.3) is 0 Å². The van der Waals surface area contributed by atoms with Gasteiger partial charge < -0.3 is 15.0 Å². The highest BCUT2D eigenvalue weighted by molar-refractivity contribution is 7.90. The predicted octanol–water partition coefficient (Wildman–Crippen LogP) is 0.598. The van der Waals surface area contributed by atoms with Gasteiger partial charge in [0, 0.05) is 38.6 Å². The van der Waals surface area contributed by atoms with Crippen molar-refractivity contribution in [1.82, 2.24) is 10.2 Å². The van der Waals surface area contributed by atoms with E-state index in [4.69, 9.17) is 4.74 Å². The van der Waals surface area contributed by atoms with Gasteiger partial charge in [-0.25, -0.2) is 8.42 Å². The zero-order valence-corrected chi connectivity index (χ0v) is 15.3. The lowest BCUT2D eigenvalue weighted by Crippen LogP contribution is -2.48. The molecule has 0 aromatic heterocycles. The van der Waals surface area contributed by atoms with Crippen LogP contribution >= 0.6 is 0 Å². The summed E-state index contributed by atoms with van der Waals surface area (Å²) < 4.78 is 28.0. The molecule has 25 heavy (non-hydrogen) atoms. The molecule has 1 aromatic carbocycles. The summed E-state index contributed by atoms with van der Waals surface area (Å²) in [6.45, 7) is 1.24. The Hall–Kier alpha value is -1.93. The number of fused-ring (bicyclic) bond motifs is 1. The predicted molar refractivity (Wildman–Crippen MR) is 93.9 cm³/mol. The molecule has 1 aromatic rings. The van der Waals surface area contributed by atoms with Crippen molar-refractivity contribution in [3.8, 4) is 0 Å². The molecule has 2 amide bonds. The number of nitrogens with one attached hydrogen (secondary N) is 1. The molecule has 0 saturated heterocycles. The van der Waals surface area contributed by atoms with E-state index >= 15 is 0 Å². The van der Waals surface area contributed by atoms with Gasteiger partial charge in [-0.2, -0.15) is 0 Å². The maximum absolute atomic E-state index is 12.6. The molecule has 1 heterocycles. The normalized spacial score (nSPS) is 15.1. The molecule has 0 aliphatic carbocycles. The van der Waals surface area contributed by atoms with Crippen molar-refractivity contribution >= 4 is 21.7 Å². The monoisotopic (exact) mass is 368 g/mol. The first-order valence-electron chi connectivity index (χ1n) is 8.16. The Balaban J connectivity index is 2.12. The largest absolute Gasteiger partial charge is 0.385 e. The number of methoxy groups -OCH3 is 1. The minimum atomic E-state index is -3.23. The lowest BCUT2D eigenvalue weighted by molar-refractivity contribution is -0.125. The fourth-order valence-electron chi connectivity index (χ4n) is 2.83. The third kappa shape index (κ3) is 5.27. The highest BCUT2D eigenvalue weighted by atomic mass is 32.2. The van der Waals surface area contributed by atoms with Gasteiger partial charge in [-0.05, 0) is 24.5 Å². The van der Waals surface area contributed by atoms with E-state index in [0.717, 1.165) is 11.8 Å². The third-order valence-electron chi connectivity index (χ3n) is 4.11. The summed E-state index contributed by atoms with van der Waals surface area (Å²) in [5, 5.41) is 2.77. The number of carbonyl (C=O) groups excluding carboxylic acids is 2. The number of hydrogen-bond acceptors (Lipinski definition) is 5. The molecule has 0 unspecified atom stereocenters. The van der Waals surface area contributed by atoms with Crippen molar-refractivity contribution in [2.75, 3.05) is 32.3 Å². The second-order valence-corrected chi connectivity index (χ2v) is 8.42. The Labute approximate surface area is 148 Å². The summed E-state index contributed by atoms with van der Waals surface area (Å²) in [7, 11) is -1.65. The van der Waals surface area contributed by atoms with Crippen LogP contribution in [0.5, 0.6) is 0 Å². The number of carbonyl (C=O) groups is 2. The van der Waals surface area contributed by atoms with Crippen molar-refractivity contribution in [2.45, 2.75) is 25.4 Å². The fourth-order valence-corrected chi connectivity index (χ4v) is 3.48. The van der Waals surface area contributed by atoms with Crippen molar-refractivity contribution in [3.05, 3.63) is 35.4 Å². The molecule has 0 radical (unpaired) electrons. The van der Waals surface area contributed by atoms with Gasteiger partial charge in [0.1, 0.15) is 15.9 Å². The van der Waals surface area contributed by atoms with Gasteiger partial charge in [0.15, 0.2) is 0 Å².